The summed E-state index contributed by atoms with van der Waals surface area (Å²) in [5, 5.41) is 11.5. The van der Waals surface area contributed by atoms with E-state index >= 15 is 0 Å². The van der Waals surface area contributed by atoms with E-state index in [4.69, 9.17) is 15.6 Å². The summed E-state index contributed by atoms with van der Waals surface area (Å²) >= 11 is 0. The number of methoxy groups -OCH3 is 1. The van der Waals surface area contributed by atoms with Crippen molar-refractivity contribution in [3.8, 4) is 0 Å². The summed E-state index contributed by atoms with van der Waals surface area (Å²) in [5.74, 6) is -1.04. The molecule has 0 saturated carbocycles. The number of hydrogen-bond donors (Lipinski definition) is 3. The van der Waals surface area contributed by atoms with Crippen LogP contribution in [-0.2, 0) is 23.1 Å². The number of carboxylic acids is 1. The second-order valence-corrected chi connectivity index (χ2v) is 4.93. The largest absolute Gasteiger partial charge is 0.477 e. The molecule has 1 heterocycles. The first-order valence-corrected chi connectivity index (χ1v) is 6.03. The molecular weight excluding hydrogens is 264 g/mol. The van der Waals surface area contributed by atoms with Crippen LogP contribution in [0.3, 0.4) is 0 Å². The number of nitrogens with two attached hydrogens (primary N) is 1. The highest BCUT2D eigenvalue weighted by Gasteiger charge is 2.31. The first-order valence-electron chi connectivity index (χ1n) is 6.03. The lowest BCUT2D eigenvalue weighted by Crippen LogP contribution is -2.54. The van der Waals surface area contributed by atoms with Gasteiger partial charge in [0, 0.05) is 14.2 Å². The monoisotopic (exact) mass is 284 g/mol. The van der Waals surface area contributed by atoms with Gasteiger partial charge < -0.3 is 25.5 Å². The number of carbonyl (C=O) groups excluding carboxylic acids is 1. The average molecular weight is 284 g/mol. The van der Waals surface area contributed by atoms with Crippen LogP contribution in [0.4, 0.5) is 0 Å². The Morgan fingerprint density at radius 3 is 2.65 bits per heavy atom. The number of carbonyl (C=O) groups is 2. The fourth-order valence-electron chi connectivity index (χ4n) is 1.53. The van der Waals surface area contributed by atoms with Gasteiger partial charge in [-0.25, -0.2) is 9.78 Å². The second kappa shape index (κ2) is 6.02. The molecule has 0 aliphatic heterocycles. The van der Waals surface area contributed by atoms with Gasteiger partial charge in [-0.2, -0.15) is 0 Å². The lowest BCUT2D eigenvalue weighted by atomic mass is 9.99. The van der Waals surface area contributed by atoms with Crippen LogP contribution in [0, 0.1) is 0 Å². The Balaban J connectivity index is 2.69. The smallest absolute Gasteiger partial charge is 0.354 e. The molecule has 1 unspecified atom stereocenters. The lowest BCUT2D eigenvalue weighted by Gasteiger charge is -2.28. The van der Waals surface area contributed by atoms with Crippen molar-refractivity contribution in [2.45, 2.75) is 32.0 Å². The highest BCUT2D eigenvalue weighted by molar-refractivity contribution is 5.85. The van der Waals surface area contributed by atoms with Crippen LogP contribution in [-0.4, -0.2) is 45.3 Å². The quantitative estimate of drug-likeness (QED) is 0.647. The molecule has 8 heteroatoms. The number of imidazole rings is 1. The Hall–Kier alpha value is -1.93. The first-order chi connectivity index (χ1) is 9.20. The van der Waals surface area contributed by atoms with Gasteiger partial charge in [0.25, 0.3) is 0 Å². The van der Waals surface area contributed by atoms with Crippen molar-refractivity contribution in [2.24, 2.45) is 12.8 Å². The summed E-state index contributed by atoms with van der Waals surface area (Å²) in [6.45, 7) is 3.51. The SMILES string of the molecule is COC(C)(C)C(N)C(=O)NCc1ncc(C(=O)O)n1C. The molecule has 0 radical (unpaired) electrons. The van der Waals surface area contributed by atoms with Crippen LogP contribution in [0.5, 0.6) is 0 Å². The minimum Gasteiger partial charge on any atom is -0.477 e. The van der Waals surface area contributed by atoms with Crippen molar-refractivity contribution >= 4 is 11.9 Å². The van der Waals surface area contributed by atoms with Crippen LogP contribution in [0.2, 0.25) is 0 Å². The predicted molar refractivity (Wildman–Crippen MR) is 71.1 cm³/mol. The van der Waals surface area contributed by atoms with E-state index < -0.39 is 23.5 Å². The number of nitrogens with one attached hydrogen (secondary N) is 1. The zero-order valence-electron chi connectivity index (χ0n) is 12.0. The number of aromatic carboxylic acids is 1. The number of ether oxygens (including phenoxy) is 1. The van der Waals surface area contributed by atoms with E-state index in [1.807, 2.05) is 0 Å². The normalized spacial score (nSPS) is 13.1. The predicted octanol–water partition coefficient (Wildman–Crippen LogP) is -0.513. The van der Waals surface area contributed by atoms with Gasteiger partial charge in [0.1, 0.15) is 17.6 Å². The Bertz CT molecular complexity index is 510. The average Bonchev–Trinajstić information content (AvgIpc) is 2.76. The van der Waals surface area contributed by atoms with Gasteiger partial charge in [-0.05, 0) is 13.8 Å². The molecule has 1 aromatic heterocycles. The van der Waals surface area contributed by atoms with Gasteiger partial charge in [0.2, 0.25) is 5.91 Å². The molecule has 8 nitrogen and oxygen atoms in total. The number of rotatable bonds is 6. The highest BCUT2D eigenvalue weighted by atomic mass is 16.5. The van der Waals surface area contributed by atoms with Gasteiger partial charge in [0.05, 0.1) is 18.3 Å². The Morgan fingerprint density at radius 1 is 1.60 bits per heavy atom. The highest BCUT2D eigenvalue weighted by Crippen LogP contribution is 2.12. The summed E-state index contributed by atoms with van der Waals surface area (Å²) in [6.07, 6.45) is 1.24. The van der Waals surface area contributed by atoms with Crippen molar-refractivity contribution < 1.29 is 19.4 Å². The minimum absolute atomic E-state index is 0.0516. The molecule has 0 aliphatic carbocycles. The molecule has 1 atom stereocenters. The van der Waals surface area contributed by atoms with Crippen molar-refractivity contribution in [2.75, 3.05) is 7.11 Å². The molecular formula is C12H20N4O4. The number of aromatic nitrogens is 2. The molecule has 0 aliphatic rings. The number of amides is 1. The minimum atomic E-state index is -1.07. The van der Waals surface area contributed by atoms with E-state index in [0.29, 0.717) is 5.82 Å². The first kappa shape index (κ1) is 16.1. The van der Waals surface area contributed by atoms with Crippen molar-refractivity contribution in [1.82, 2.24) is 14.9 Å². The third-order valence-corrected chi connectivity index (χ3v) is 3.28. The molecule has 1 aromatic rings. The maximum absolute atomic E-state index is 11.9. The zero-order valence-corrected chi connectivity index (χ0v) is 12.0. The van der Waals surface area contributed by atoms with Crippen LogP contribution >= 0.6 is 0 Å². The molecule has 4 N–H and O–H groups in total. The summed E-state index contributed by atoms with van der Waals surface area (Å²) in [7, 11) is 3.04. The number of hydrogen-bond acceptors (Lipinski definition) is 5. The van der Waals surface area contributed by atoms with E-state index in [-0.39, 0.29) is 12.2 Å². The Morgan fingerprint density at radius 2 is 2.20 bits per heavy atom. The Labute approximate surface area is 116 Å². The van der Waals surface area contributed by atoms with Crippen molar-refractivity contribution in [3.05, 3.63) is 17.7 Å². The maximum Gasteiger partial charge on any atom is 0.354 e. The number of nitrogens with zero attached hydrogens (tertiary/aromatic N) is 2. The molecule has 0 bridgehead atoms. The molecule has 1 rings (SSSR count). The molecule has 0 aromatic carbocycles. The summed E-state index contributed by atoms with van der Waals surface area (Å²) in [5.41, 5.74) is 5.06. The van der Waals surface area contributed by atoms with Gasteiger partial charge in [-0.15, -0.1) is 0 Å². The molecule has 1 amide bonds. The van der Waals surface area contributed by atoms with Crippen LogP contribution < -0.4 is 11.1 Å². The molecule has 20 heavy (non-hydrogen) atoms. The third-order valence-electron chi connectivity index (χ3n) is 3.28. The molecule has 0 spiro atoms. The van der Waals surface area contributed by atoms with E-state index in [1.54, 1.807) is 20.9 Å². The van der Waals surface area contributed by atoms with E-state index in [9.17, 15) is 9.59 Å². The topological polar surface area (TPSA) is 119 Å². The maximum atomic E-state index is 11.9. The summed E-state index contributed by atoms with van der Waals surface area (Å²) in [6, 6.07) is -0.841. The van der Waals surface area contributed by atoms with E-state index in [1.165, 1.54) is 17.9 Å². The third kappa shape index (κ3) is 3.34. The fourth-order valence-corrected chi connectivity index (χ4v) is 1.53. The van der Waals surface area contributed by atoms with Gasteiger partial charge in [0.15, 0.2) is 0 Å². The van der Waals surface area contributed by atoms with Gasteiger partial charge >= 0.3 is 5.97 Å². The zero-order chi connectivity index (χ0) is 15.5. The Kier molecular flexibility index (Phi) is 4.85. The van der Waals surface area contributed by atoms with Crippen LogP contribution in [0.25, 0.3) is 0 Å². The molecule has 0 saturated heterocycles. The van der Waals surface area contributed by atoms with E-state index in [2.05, 4.69) is 10.3 Å². The van der Waals surface area contributed by atoms with Gasteiger partial charge in [-0.1, -0.05) is 0 Å². The van der Waals surface area contributed by atoms with Crippen LogP contribution in [0.15, 0.2) is 6.20 Å². The number of carboxylic acid groups (broad SMARTS) is 1. The van der Waals surface area contributed by atoms with Crippen molar-refractivity contribution in [1.29, 1.82) is 0 Å². The van der Waals surface area contributed by atoms with Gasteiger partial charge in [-0.3, -0.25) is 4.79 Å². The summed E-state index contributed by atoms with van der Waals surface area (Å²) in [4.78, 5) is 26.7. The summed E-state index contributed by atoms with van der Waals surface area (Å²) < 4.78 is 6.55. The van der Waals surface area contributed by atoms with E-state index in [0.717, 1.165) is 0 Å². The van der Waals surface area contributed by atoms with Crippen LogP contribution in [0.1, 0.15) is 30.2 Å². The standard InChI is InChI=1S/C12H20N4O4/c1-12(2,20-4)9(13)10(17)15-6-8-14-5-7(11(18)19)16(8)3/h5,9H,6,13H2,1-4H3,(H,15,17)(H,18,19). The lowest BCUT2D eigenvalue weighted by molar-refractivity contribution is -0.128. The molecule has 0 fully saturated rings. The van der Waals surface area contributed by atoms with Crippen molar-refractivity contribution in [3.63, 3.8) is 0 Å². The second-order valence-electron chi connectivity index (χ2n) is 4.93. The fraction of sp³-hybridized carbons (Fsp3) is 0.583. The molecule has 112 valence electrons.